The molecule has 1 aliphatic carbocycles. The van der Waals surface area contributed by atoms with E-state index in [1.807, 2.05) is 19.1 Å². The van der Waals surface area contributed by atoms with E-state index in [2.05, 4.69) is 22.9 Å². The van der Waals surface area contributed by atoms with Crippen molar-refractivity contribution >= 4 is 59.2 Å². The van der Waals surface area contributed by atoms with E-state index in [0.29, 0.717) is 31.4 Å². The second-order valence-corrected chi connectivity index (χ2v) is 12.0. The second-order valence-electron chi connectivity index (χ2n) is 11.0. The highest BCUT2D eigenvalue weighted by Crippen LogP contribution is 2.51. The number of halogens is 1. The molecule has 5 rings (SSSR count). The van der Waals surface area contributed by atoms with Gasteiger partial charge in [0.15, 0.2) is 0 Å². The molecule has 2 aromatic carbocycles. The number of allylic oxidation sites excluding steroid dienone is 2. The Labute approximate surface area is 249 Å². The van der Waals surface area contributed by atoms with Gasteiger partial charge in [0.05, 0.1) is 23.6 Å². The fourth-order valence-electron chi connectivity index (χ4n) is 6.71. The number of carbonyl (C=O) groups is 2. The summed E-state index contributed by atoms with van der Waals surface area (Å²) in [6.07, 6.45) is 5.04. The summed E-state index contributed by atoms with van der Waals surface area (Å²) in [4.78, 5) is 28.7. The molecule has 3 aliphatic rings. The van der Waals surface area contributed by atoms with Gasteiger partial charge in [-0.05, 0) is 85.7 Å². The molecule has 4 atom stereocenters. The fourth-order valence-corrected chi connectivity index (χ4v) is 7.09. The second kappa shape index (κ2) is 12.3. The Morgan fingerprint density at radius 2 is 1.93 bits per heavy atom. The maximum Gasteiger partial charge on any atom is 0.488 e. The Morgan fingerprint density at radius 1 is 1.15 bits per heavy atom. The number of benzene rings is 2. The van der Waals surface area contributed by atoms with E-state index >= 15 is 0 Å². The predicted molar refractivity (Wildman–Crippen MR) is 162 cm³/mol. The number of aromatic hydroxyl groups is 1. The van der Waals surface area contributed by atoms with Crippen LogP contribution >= 0.6 is 15.9 Å². The van der Waals surface area contributed by atoms with Crippen LogP contribution in [-0.4, -0.2) is 52.3 Å². The van der Waals surface area contributed by atoms with Crippen molar-refractivity contribution in [3.05, 3.63) is 69.2 Å². The number of amides is 2. The van der Waals surface area contributed by atoms with E-state index in [1.54, 1.807) is 24.3 Å². The molecular weight excluding hydrogens is 588 g/mol. The molecule has 2 saturated heterocycles. The average Bonchev–Trinajstić information content (AvgIpc) is 3.21. The number of fused-ring (bicyclic) bond motifs is 3. The predicted octanol–water partition coefficient (Wildman–Crippen LogP) is 3.82. The lowest BCUT2D eigenvalue weighted by molar-refractivity contribution is -0.122. The van der Waals surface area contributed by atoms with E-state index in [0.717, 1.165) is 33.2 Å². The summed E-state index contributed by atoms with van der Waals surface area (Å²) in [6, 6.07) is 11.5. The zero-order chi connectivity index (χ0) is 29.4. The van der Waals surface area contributed by atoms with Crippen molar-refractivity contribution in [1.29, 1.82) is 0 Å². The topological polar surface area (TPSA) is 128 Å². The van der Waals surface area contributed by atoms with E-state index in [4.69, 9.17) is 4.65 Å². The van der Waals surface area contributed by atoms with Crippen LogP contribution in [0.4, 0.5) is 5.69 Å². The van der Waals surface area contributed by atoms with E-state index in [-0.39, 0.29) is 35.3 Å². The molecule has 2 aliphatic heterocycles. The minimum Gasteiger partial charge on any atom is -0.507 e. The number of hydrogen-bond donors (Lipinski definition) is 4. The van der Waals surface area contributed by atoms with Gasteiger partial charge in [0.1, 0.15) is 5.75 Å². The van der Waals surface area contributed by atoms with Gasteiger partial charge < -0.3 is 24.8 Å². The molecule has 2 amide bonds. The minimum absolute atomic E-state index is 0.198. The van der Waals surface area contributed by atoms with E-state index in [9.17, 15) is 29.8 Å². The molecule has 0 radical (unpaired) electrons. The van der Waals surface area contributed by atoms with Crippen LogP contribution in [0.25, 0.3) is 6.08 Å². The molecule has 214 valence electrons. The zero-order valence-electron chi connectivity index (χ0n) is 23.2. The molecule has 41 heavy (non-hydrogen) atoms. The first kappa shape index (κ1) is 29.8. The minimum atomic E-state index is -1.72. The largest absolute Gasteiger partial charge is 0.507 e. The number of rotatable bonds is 8. The van der Waals surface area contributed by atoms with Gasteiger partial charge in [-0.1, -0.05) is 59.1 Å². The molecule has 4 N–H and O–H groups in total. The number of anilines is 1. The van der Waals surface area contributed by atoms with Crippen LogP contribution < -0.4 is 10.4 Å². The highest BCUT2D eigenvalue weighted by atomic mass is 79.9. The summed E-state index contributed by atoms with van der Waals surface area (Å²) in [5.41, 5.74) is 4.49. The van der Waals surface area contributed by atoms with Crippen molar-refractivity contribution in [3.63, 3.8) is 0 Å². The summed E-state index contributed by atoms with van der Waals surface area (Å²) in [6.45, 7) is 4.10. The Balaban J connectivity index is 1.43. The Kier molecular flexibility index (Phi) is 8.92. The summed E-state index contributed by atoms with van der Waals surface area (Å²) in [5, 5.41) is 40.4. The third kappa shape index (κ3) is 5.83. The van der Waals surface area contributed by atoms with Crippen LogP contribution in [0.5, 0.6) is 5.75 Å². The molecule has 11 heteroatoms. The first-order valence-corrected chi connectivity index (χ1v) is 15.0. The Bertz CT molecular complexity index is 1410. The molecule has 0 saturated carbocycles. The standard InChI is InChI=1S/C30H34B2BrNO7/c1-3-17(12-19-13-21(33)9-10-25(19)35)8-11-26-27-18(4-2)14-23-28(24(27)16-31(38)41-26)30(37)34(29(23)36)22-7-5-6-20(15-22)32(39)40/h5-7,9-10,12-13,15,23-24,26,28,35,38-40H,3-4,8,11,14,16H2,1-2H3/b17-12+/t23-,24+,26-,28-/m1/s1. The molecule has 2 aromatic rings. The summed E-state index contributed by atoms with van der Waals surface area (Å²) >= 11 is 3.46. The van der Waals surface area contributed by atoms with Crippen LogP contribution in [0.3, 0.4) is 0 Å². The van der Waals surface area contributed by atoms with Crippen molar-refractivity contribution < 1.29 is 34.4 Å². The lowest BCUT2D eigenvalue weighted by Crippen LogP contribution is -2.46. The summed E-state index contributed by atoms with van der Waals surface area (Å²) in [7, 11) is -2.77. The number of nitrogens with zero attached hydrogens (tertiary/aromatic N) is 1. The summed E-state index contributed by atoms with van der Waals surface area (Å²) < 4.78 is 6.96. The van der Waals surface area contributed by atoms with Gasteiger partial charge in [0.25, 0.3) is 0 Å². The first-order chi connectivity index (χ1) is 19.6. The molecule has 0 aromatic heterocycles. The molecule has 0 unspecified atom stereocenters. The third-order valence-electron chi connectivity index (χ3n) is 8.69. The van der Waals surface area contributed by atoms with Gasteiger partial charge in [-0.2, -0.15) is 0 Å². The van der Waals surface area contributed by atoms with Crippen LogP contribution in [-0.2, 0) is 14.2 Å². The molecule has 0 spiro atoms. The molecule has 2 fully saturated rings. The van der Waals surface area contributed by atoms with Gasteiger partial charge in [-0.3, -0.25) is 14.5 Å². The number of phenolic OH excluding ortho intramolecular Hbond substituents is 1. The van der Waals surface area contributed by atoms with Gasteiger partial charge in [-0.25, -0.2) is 0 Å². The highest BCUT2D eigenvalue weighted by molar-refractivity contribution is 9.10. The Hall–Kier alpha value is -2.69. The third-order valence-corrected chi connectivity index (χ3v) is 9.19. The van der Waals surface area contributed by atoms with Crippen LogP contribution in [0.15, 0.2) is 63.7 Å². The lowest BCUT2D eigenvalue weighted by Gasteiger charge is -2.43. The van der Waals surface area contributed by atoms with Crippen LogP contribution in [0.2, 0.25) is 6.32 Å². The van der Waals surface area contributed by atoms with E-state index < -0.39 is 32.2 Å². The lowest BCUT2D eigenvalue weighted by atomic mass is 9.58. The van der Waals surface area contributed by atoms with Gasteiger partial charge in [0, 0.05) is 10.0 Å². The van der Waals surface area contributed by atoms with Crippen molar-refractivity contribution in [3.8, 4) is 5.75 Å². The number of carbonyl (C=O) groups excluding carboxylic acids is 2. The smallest absolute Gasteiger partial charge is 0.488 e. The molecular formula is C30H34B2BrNO7. The highest BCUT2D eigenvalue weighted by Gasteiger charge is 2.57. The van der Waals surface area contributed by atoms with Gasteiger partial charge in [-0.15, -0.1) is 0 Å². The van der Waals surface area contributed by atoms with Crippen molar-refractivity contribution in [2.24, 2.45) is 17.8 Å². The van der Waals surface area contributed by atoms with Gasteiger partial charge in [0.2, 0.25) is 11.8 Å². The number of imide groups is 1. The first-order valence-electron chi connectivity index (χ1n) is 14.2. The van der Waals surface area contributed by atoms with E-state index in [1.165, 1.54) is 17.0 Å². The average molecular weight is 622 g/mol. The fraction of sp³-hybridized carbons (Fsp3) is 0.400. The Morgan fingerprint density at radius 3 is 2.63 bits per heavy atom. The monoisotopic (exact) mass is 621 g/mol. The quantitative estimate of drug-likeness (QED) is 0.200. The zero-order valence-corrected chi connectivity index (χ0v) is 24.8. The number of phenols is 1. The van der Waals surface area contributed by atoms with Crippen LogP contribution in [0, 0.1) is 17.8 Å². The molecule has 0 bridgehead atoms. The van der Waals surface area contributed by atoms with Crippen molar-refractivity contribution in [2.75, 3.05) is 4.90 Å². The van der Waals surface area contributed by atoms with Crippen molar-refractivity contribution in [1.82, 2.24) is 0 Å². The number of hydrogen-bond acceptors (Lipinski definition) is 7. The van der Waals surface area contributed by atoms with Crippen LogP contribution in [0.1, 0.15) is 51.5 Å². The maximum atomic E-state index is 13.9. The molecule has 8 nitrogen and oxygen atoms in total. The SMILES string of the molecule is CCC1=C2[C@@H](CC/C(=C/c3cc(Br)ccc3O)CC)OB(O)C[C@@H]2[C@@H]2C(=O)N(c3cccc(B(O)O)c3)C(=O)[C@@H]2C1. The maximum absolute atomic E-state index is 13.9. The summed E-state index contributed by atoms with van der Waals surface area (Å²) in [5.74, 6) is -1.90. The van der Waals surface area contributed by atoms with Gasteiger partial charge >= 0.3 is 14.2 Å². The normalized spacial score (nSPS) is 24.6. The molecule has 2 heterocycles. The van der Waals surface area contributed by atoms with Crippen molar-refractivity contribution in [2.45, 2.75) is 58.4 Å².